The van der Waals surface area contributed by atoms with Crippen molar-refractivity contribution in [2.45, 2.75) is 50.9 Å². The van der Waals surface area contributed by atoms with Crippen LogP contribution >= 0.6 is 15.9 Å². The van der Waals surface area contributed by atoms with Crippen molar-refractivity contribution in [1.82, 2.24) is 4.90 Å². The lowest BCUT2D eigenvalue weighted by molar-refractivity contribution is -0.109. The number of carbonyl (C=O) groups excluding carboxylic acids is 1. The zero-order valence-electron chi connectivity index (χ0n) is 19.7. The van der Waals surface area contributed by atoms with Crippen LogP contribution in [0.25, 0.3) is 0 Å². The molecule has 0 radical (unpaired) electrons. The van der Waals surface area contributed by atoms with E-state index >= 15 is 0 Å². The molecule has 33 heavy (non-hydrogen) atoms. The quantitative estimate of drug-likeness (QED) is 0.306. The lowest BCUT2D eigenvalue weighted by Gasteiger charge is -2.32. The van der Waals surface area contributed by atoms with Gasteiger partial charge in [0.05, 0.1) is 6.61 Å². The van der Waals surface area contributed by atoms with Gasteiger partial charge in [-0.1, -0.05) is 34.1 Å². The van der Waals surface area contributed by atoms with E-state index in [9.17, 15) is 4.79 Å². The number of hydrogen-bond donors (Lipinski definition) is 0. The van der Waals surface area contributed by atoms with E-state index in [4.69, 9.17) is 9.47 Å². The minimum Gasteiger partial charge on any atom is -0.491 e. The lowest BCUT2D eigenvalue weighted by atomic mass is 9.82. The van der Waals surface area contributed by atoms with Crippen LogP contribution in [0.1, 0.15) is 53.9 Å². The molecule has 0 spiro atoms. The molecule has 2 aromatic carbocycles. The Hall–Kier alpha value is -1.69. The molecule has 1 saturated heterocycles. The number of likely N-dealkylation sites (tertiary alicyclic amines) is 1. The molecule has 1 heterocycles. The van der Waals surface area contributed by atoms with Crippen LogP contribution in [0.15, 0.2) is 40.9 Å². The summed E-state index contributed by atoms with van der Waals surface area (Å²) in [5.74, 6) is 1.74. The molecule has 4 nitrogen and oxygen atoms in total. The molecule has 1 fully saturated rings. The van der Waals surface area contributed by atoms with Crippen molar-refractivity contribution in [2.24, 2.45) is 5.92 Å². The van der Waals surface area contributed by atoms with Crippen LogP contribution in [0.5, 0.6) is 5.75 Å². The SMILES string of the molecule is COCCOc1cc(Br)cc(CC2CCN(CCc3ccc4c(c3)C(C=O)CCC4)CC2)c1. The first-order valence-corrected chi connectivity index (χ1v) is 13.1. The molecule has 5 heteroatoms. The van der Waals surface area contributed by atoms with Crippen LogP contribution in [0.2, 0.25) is 0 Å². The fourth-order valence-electron chi connectivity index (χ4n) is 5.28. The summed E-state index contributed by atoms with van der Waals surface area (Å²) in [5.41, 5.74) is 5.38. The number of benzene rings is 2. The van der Waals surface area contributed by atoms with Gasteiger partial charge in [-0.25, -0.2) is 0 Å². The number of hydrogen-bond acceptors (Lipinski definition) is 4. The Morgan fingerprint density at radius 3 is 2.70 bits per heavy atom. The van der Waals surface area contributed by atoms with Crippen LogP contribution in [0.3, 0.4) is 0 Å². The number of aldehydes is 1. The summed E-state index contributed by atoms with van der Waals surface area (Å²) < 4.78 is 12.0. The van der Waals surface area contributed by atoms with Gasteiger partial charge in [0.2, 0.25) is 0 Å². The summed E-state index contributed by atoms with van der Waals surface area (Å²) in [5, 5.41) is 0. The molecule has 0 bridgehead atoms. The maximum Gasteiger partial charge on any atom is 0.127 e. The molecule has 2 aromatic rings. The van der Waals surface area contributed by atoms with Crippen molar-refractivity contribution in [3.63, 3.8) is 0 Å². The highest BCUT2D eigenvalue weighted by Crippen LogP contribution is 2.31. The van der Waals surface area contributed by atoms with Gasteiger partial charge in [-0.2, -0.15) is 0 Å². The molecule has 1 unspecified atom stereocenters. The van der Waals surface area contributed by atoms with Crippen molar-refractivity contribution in [1.29, 1.82) is 0 Å². The molecule has 1 aliphatic heterocycles. The predicted molar refractivity (Wildman–Crippen MR) is 136 cm³/mol. The van der Waals surface area contributed by atoms with Gasteiger partial charge in [-0.15, -0.1) is 0 Å². The maximum atomic E-state index is 11.5. The van der Waals surface area contributed by atoms with E-state index in [1.54, 1.807) is 7.11 Å². The van der Waals surface area contributed by atoms with Crippen LogP contribution in [-0.2, 0) is 28.8 Å². The van der Waals surface area contributed by atoms with Gasteiger partial charge in [-0.05, 0) is 104 Å². The topological polar surface area (TPSA) is 38.8 Å². The van der Waals surface area contributed by atoms with E-state index in [0.29, 0.717) is 13.2 Å². The zero-order chi connectivity index (χ0) is 23.0. The highest BCUT2D eigenvalue weighted by Gasteiger charge is 2.22. The Bertz CT molecular complexity index is 923. The third-order valence-corrected chi connectivity index (χ3v) is 7.63. The van der Waals surface area contributed by atoms with Crippen molar-refractivity contribution in [3.8, 4) is 5.75 Å². The minimum absolute atomic E-state index is 0.105. The molecule has 2 aliphatic rings. The molecule has 4 rings (SSSR count). The number of halogens is 1. The number of carbonyl (C=O) groups is 1. The third-order valence-electron chi connectivity index (χ3n) is 7.17. The second kappa shape index (κ2) is 12.1. The normalized spacial score (nSPS) is 19.3. The average Bonchev–Trinajstić information content (AvgIpc) is 2.83. The molecule has 0 saturated carbocycles. The Balaban J connectivity index is 1.25. The smallest absolute Gasteiger partial charge is 0.127 e. The highest BCUT2D eigenvalue weighted by molar-refractivity contribution is 9.10. The molecule has 1 atom stereocenters. The van der Waals surface area contributed by atoms with Gasteiger partial charge in [-0.3, -0.25) is 0 Å². The van der Waals surface area contributed by atoms with Gasteiger partial charge in [0.15, 0.2) is 0 Å². The summed E-state index contributed by atoms with van der Waals surface area (Å²) in [7, 11) is 1.69. The molecular weight excluding hydrogens is 478 g/mol. The standard InChI is InChI=1S/C28H36BrNO3/c1-32-13-14-33-27-17-23(16-26(29)19-27)15-22-8-11-30(12-9-22)10-7-21-5-6-24-3-2-4-25(20-31)28(24)18-21/h5-6,16-20,22,25H,2-4,7-15H2,1H3. The summed E-state index contributed by atoms with van der Waals surface area (Å²) in [6, 6.07) is 13.3. The van der Waals surface area contributed by atoms with Gasteiger partial charge < -0.3 is 19.2 Å². The zero-order valence-corrected chi connectivity index (χ0v) is 21.3. The number of methoxy groups -OCH3 is 1. The van der Waals surface area contributed by atoms with E-state index in [0.717, 1.165) is 74.2 Å². The van der Waals surface area contributed by atoms with E-state index in [1.807, 2.05) is 6.07 Å². The second-order valence-electron chi connectivity index (χ2n) is 9.54. The predicted octanol–water partition coefficient (Wildman–Crippen LogP) is 5.59. The van der Waals surface area contributed by atoms with Crippen molar-refractivity contribution >= 4 is 22.2 Å². The number of piperidine rings is 1. The first-order valence-electron chi connectivity index (χ1n) is 12.3. The Labute approximate surface area is 206 Å². The van der Waals surface area contributed by atoms with Crippen molar-refractivity contribution in [2.75, 3.05) is 40.0 Å². The number of rotatable bonds is 10. The van der Waals surface area contributed by atoms with E-state index < -0.39 is 0 Å². The van der Waals surface area contributed by atoms with Gasteiger partial charge in [0.25, 0.3) is 0 Å². The summed E-state index contributed by atoms with van der Waals surface area (Å²) in [6.45, 7) is 4.61. The number of fused-ring (bicyclic) bond motifs is 1. The van der Waals surface area contributed by atoms with Crippen LogP contribution < -0.4 is 4.74 Å². The molecule has 178 valence electrons. The number of ether oxygens (including phenoxy) is 2. The van der Waals surface area contributed by atoms with Gasteiger partial charge >= 0.3 is 0 Å². The monoisotopic (exact) mass is 513 g/mol. The summed E-state index contributed by atoms with van der Waals surface area (Å²) >= 11 is 3.63. The van der Waals surface area contributed by atoms with Gasteiger partial charge in [0, 0.05) is 24.0 Å². The lowest BCUT2D eigenvalue weighted by Crippen LogP contribution is -2.35. The first-order chi connectivity index (χ1) is 16.1. The molecular formula is C28H36BrNO3. The average molecular weight is 515 g/mol. The van der Waals surface area contributed by atoms with Crippen molar-refractivity contribution in [3.05, 3.63) is 63.1 Å². The summed E-state index contributed by atoms with van der Waals surface area (Å²) in [6.07, 6.45) is 9.05. The maximum absolute atomic E-state index is 11.5. The van der Waals surface area contributed by atoms with E-state index in [2.05, 4.69) is 51.2 Å². The first kappa shape index (κ1) is 24.4. The third kappa shape index (κ3) is 6.91. The Kier molecular flexibility index (Phi) is 8.99. The Morgan fingerprint density at radius 2 is 1.91 bits per heavy atom. The molecule has 0 aromatic heterocycles. The van der Waals surface area contributed by atoms with Gasteiger partial charge in [0.1, 0.15) is 18.6 Å². The number of nitrogens with zero attached hydrogens (tertiary/aromatic N) is 1. The highest BCUT2D eigenvalue weighted by atomic mass is 79.9. The minimum atomic E-state index is 0.105. The molecule has 0 amide bonds. The largest absolute Gasteiger partial charge is 0.491 e. The second-order valence-corrected chi connectivity index (χ2v) is 10.5. The van der Waals surface area contributed by atoms with Crippen LogP contribution in [-0.4, -0.2) is 51.1 Å². The molecule has 1 aliphatic carbocycles. The van der Waals surface area contributed by atoms with Crippen LogP contribution in [0, 0.1) is 5.92 Å². The fourth-order valence-corrected chi connectivity index (χ4v) is 5.80. The van der Waals surface area contributed by atoms with Crippen LogP contribution in [0.4, 0.5) is 0 Å². The summed E-state index contributed by atoms with van der Waals surface area (Å²) in [4.78, 5) is 14.1. The van der Waals surface area contributed by atoms with E-state index in [1.165, 1.54) is 35.1 Å². The van der Waals surface area contributed by atoms with Crippen molar-refractivity contribution < 1.29 is 14.3 Å². The van der Waals surface area contributed by atoms with E-state index in [-0.39, 0.29) is 5.92 Å². The Morgan fingerprint density at radius 1 is 1.06 bits per heavy atom. The fraction of sp³-hybridized carbons (Fsp3) is 0.536. The number of aryl methyl sites for hydroxylation is 1. The molecule has 0 N–H and O–H groups in total.